The Bertz CT molecular complexity index is 765. The summed E-state index contributed by atoms with van der Waals surface area (Å²) in [4.78, 5) is 12.0. The van der Waals surface area contributed by atoms with Gasteiger partial charge in [0, 0.05) is 6.54 Å². The van der Waals surface area contributed by atoms with Gasteiger partial charge in [-0.1, -0.05) is 72.8 Å². The van der Waals surface area contributed by atoms with Crippen LogP contribution < -0.4 is 5.32 Å². The van der Waals surface area contributed by atoms with Crippen molar-refractivity contribution in [1.82, 2.24) is 5.32 Å². The van der Waals surface area contributed by atoms with Crippen molar-refractivity contribution in [1.29, 1.82) is 0 Å². The van der Waals surface area contributed by atoms with Crippen molar-refractivity contribution >= 4 is 16.7 Å². The fourth-order valence-corrected chi connectivity index (χ4v) is 2.59. The number of carbonyl (C=O) groups is 1. The van der Waals surface area contributed by atoms with E-state index < -0.39 is 0 Å². The number of amides is 1. The van der Waals surface area contributed by atoms with Crippen molar-refractivity contribution in [3.05, 3.63) is 83.9 Å². The summed E-state index contributed by atoms with van der Waals surface area (Å²) in [5.41, 5.74) is 2.30. The van der Waals surface area contributed by atoms with Crippen LogP contribution in [0, 0.1) is 0 Å². The molecule has 110 valence electrons. The lowest BCUT2D eigenvalue weighted by molar-refractivity contribution is -0.120. The van der Waals surface area contributed by atoms with Crippen LogP contribution in [0.5, 0.6) is 0 Å². The second-order valence-electron chi connectivity index (χ2n) is 5.44. The zero-order chi connectivity index (χ0) is 15.2. The first-order valence-electron chi connectivity index (χ1n) is 7.59. The van der Waals surface area contributed by atoms with Crippen LogP contribution >= 0.6 is 0 Å². The van der Waals surface area contributed by atoms with Gasteiger partial charge in [0.05, 0.1) is 6.42 Å². The molecule has 0 unspecified atom stereocenters. The highest BCUT2D eigenvalue weighted by molar-refractivity contribution is 5.85. The fraction of sp³-hybridized carbons (Fsp3) is 0.150. The summed E-state index contributed by atoms with van der Waals surface area (Å²) in [5.74, 6) is 0.0752. The second-order valence-corrected chi connectivity index (χ2v) is 5.44. The molecule has 0 aromatic heterocycles. The Morgan fingerprint density at radius 2 is 1.50 bits per heavy atom. The van der Waals surface area contributed by atoms with Crippen molar-refractivity contribution in [3.63, 3.8) is 0 Å². The molecule has 3 rings (SSSR count). The van der Waals surface area contributed by atoms with E-state index >= 15 is 0 Å². The van der Waals surface area contributed by atoms with Gasteiger partial charge in [0.2, 0.25) is 5.91 Å². The fourth-order valence-electron chi connectivity index (χ4n) is 2.59. The molecule has 0 bridgehead atoms. The smallest absolute Gasteiger partial charge is 0.224 e. The Morgan fingerprint density at radius 3 is 2.32 bits per heavy atom. The lowest BCUT2D eigenvalue weighted by Gasteiger charge is -2.06. The molecular formula is C20H19NO. The van der Waals surface area contributed by atoms with Crippen LogP contribution in [0.1, 0.15) is 11.1 Å². The highest BCUT2D eigenvalue weighted by Crippen LogP contribution is 2.15. The molecule has 3 aromatic carbocycles. The minimum absolute atomic E-state index is 0.0752. The van der Waals surface area contributed by atoms with Gasteiger partial charge < -0.3 is 5.32 Å². The van der Waals surface area contributed by atoms with E-state index in [0.29, 0.717) is 13.0 Å². The number of carbonyl (C=O) groups excluding carboxylic acids is 1. The van der Waals surface area contributed by atoms with Gasteiger partial charge in [0.15, 0.2) is 0 Å². The third kappa shape index (κ3) is 3.73. The van der Waals surface area contributed by atoms with Crippen LogP contribution in [0.4, 0.5) is 0 Å². The normalized spacial score (nSPS) is 10.5. The lowest BCUT2D eigenvalue weighted by atomic mass is 10.0. The Labute approximate surface area is 130 Å². The van der Waals surface area contributed by atoms with Crippen molar-refractivity contribution < 1.29 is 4.79 Å². The van der Waals surface area contributed by atoms with Gasteiger partial charge in [-0.25, -0.2) is 0 Å². The van der Waals surface area contributed by atoms with Crippen molar-refractivity contribution in [3.8, 4) is 0 Å². The molecule has 2 nitrogen and oxygen atoms in total. The molecule has 2 heteroatoms. The van der Waals surface area contributed by atoms with E-state index in [1.165, 1.54) is 16.3 Å². The number of benzene rings is 3. The van der Waals surface area contributed by atoms with Crippen LogP contribution in [0.2, 0.25) is 0 Å². The molecule has 0 radical (unpaired) electrons. The van der Waals surface area contributed by atoms with E-state index in [1.807, 2.05) is 36.4 Å². The van der Waals surface area contributed by atoms with E-state index in [0.717, 1.165) is 12.0 Å². The van der Waals surface area contributed by atoms with Gasteiger partial charge in [0.1, 0.15) is 0 Å². The van der Waals surface area contributed by atoms with E-state index in [4.69, 9.17) is 0 Å². The zero-order valence-electron chi connectivity index (χ0n) is 12.5. The third-order valence-electron chi connectivity index (χ3n) is 3.76. The maximum absolute atomic E-state index is 12.0. The predicted octanol–water partition coefficient (Wildman–Crippen LogP) is 3.74. The molecule has 0 spiro atoms. The molecule has 0 aliphatic carbocycles. The summed E-state index contributed by atoms with van der Waals surface area (Å²) in [7, 11) is 0. The standard InChI is InChI=1S/C20H19NO/c22-20(21-13-12-16-6-2-1-3-7-16)15-17-10-11-18-8-4-5-9-19(18)14-17/h1-11,14H,12-13,15H2,(H,21,22). The molecule has 3 aromatic rings. The van der Waals surface area contributed by atoms with Gasteiger partial charge in [-0.05, 0) is 28.3 Å². The summed E-state index contributed by atoms with van der Waals surface area (Å²) in [5, 5.41) is 5.37. The van der Waals surface area contributed by atoms with Gasteiger partial charge in [0.25, 0.3) is 0 Å². The minimum Gasteiger partial charge on any atom is -0.355 e. The Hall–Kier alpha value is -2.61. The molecule has 0 heterocycles. The maximum Gasteiger partial charge on any atom is 0.224 e. The van der Waals surface area contributed by atoms with E-state index in [2.05, 4.69) is 41.7 Å². The molecule has 0 atom stereocenters. The Morgan fingerprint density at radius 1 is 0.773 bits per heavy atom. The first kappa shape index (κ1) is 14.3. The summed E-state index contributed by atoms with van der Waals surface area (Å²) in [6, 6.07) is 24.6. The van der Waals surface area contributed by atoms with Gasteiger partial charge in [-0.2, -0.15) is 0 Å². The SMILES string of the molecule is O=C(Cc1ccc2ccccc2c1)NCCc1ccccc1. The third-order valence-corrected chi connectivity index (χ3v) is 3.76. The maximum atomic E-state index is 12.0. The van der Waals surface area contributed by atoms with Crippen molar-refractivity contribution in [2.24, 2.45) is 0 Å². The second kappa shape index (κ2) is 6.90. The zero-order valence-corrected chi connectivity index (χ0v) is 12.5. The Balaban J connectivity index is 1.54. The van der Waals surface area contributed by atoms with Gasteiger partial charge >= 0.3 is 0 Å². The van der Waals surface area contributed by atoms with Crippen LogP contribution in [-0.4, -0.2) is 12.5 Å². The first-order chi connectivity index (χ1) is 10.8. The Kier molecular flexibility index (Phi) is 4.50. The molecule has 0 saturated heterocycles. The summed E-state index contributed by atoms with van der Waals surface area (Å²) in [6.45, 7) is 0.677. The quantitative estimate of drug-likeness (QED) is 0.761. The van der Waals surface area contributed by atoms with Crippen molar-refractivity contribution in [2.45, 2.75) is 12.8 Å². The number of nitrogens with one attached hydrogen (secondary N) is 1. The van der Waals surface area contributed by atoms with Crippen LogP contribution in [0.25, 0.3) is 10.8 Å². The number of hydrogen-bond donors (Lipinski definition) is 1. The van der Waals surface area contributed by atoms with Crippen LogP contribution in [0.15, 0.2) is 72.8 Å². The highest BCUT2D eigenvalue weighted by atomic mass is 16.1. The molecular weight excluding hydrogens is 270 g/mol. The van der Waals surface area contributed by atoms with Gasteiger partial charge in [-0.3, -0.25) is 4.79 Å². The van der Waals surface area contributed by atoms with Crippen LogP contribution in [-0.2, 0) is 17.6 Å². The highest BCUT2D eigenvalue weighted by Gasteiger charge is 2.04. The average molecular weight is 289 g/mol. The summed E-state index contributed by atoms with van der Waals surface area (Å²) >= 11 is 0. The first-order valence-corrected chi connectivity index (χ1v) is 7.59. The molecule has 0 aliphatic rings. The number of fused-ring (bicyclic) bond motifs is 1. The van der Waals surface area contributed by atoms with Gasteiger partial charge in [-0.15, -0.1) is 0 Å². The monoisotopic (exact) mass is 289 g/mol. The molecule has 22 heavy (non-hydrogen) atoms. The van der Waals surface area contributed by atoms with E-state index in [1.54, 1.807) is 0 Å². The molecule has 0 saturated carbocycles. The average Bonchev–Trinajstić information content (AvgIpc) is 2.56. The largest absolute Gasteiger partial charge is 0.355 e. The van der Waals surface area contributed by atoms with E-state index in [9.17, 15) is 4.79 Å². The number of hydrogen-bond acceptors (Lipinski definition) is 1. The minimum atomic E-state index is 0.0752. The topological polar surface area (TPSA) is 29.1 Å². The van der Waals surface area contributed by atoms with Crippen LogP contribution in [0.3, 0.4) is 0 Å². The lowest BCUT2D eigenvalue weighted by Crippen LogP contribution is -2.27. The summed E-state index contributed by atoms with van der Waals surface area (Å²) in [6.07, 6.45) is 1.30. The van der Waals surface area contributed by atoms with Crippen molar-refractivity contribution in [2.75, 3.05) is 6.54 Å². The molecule has 0 aliphatic heterocycles. The van der Waals surface area contributed by atoms with E-state index in [-0.39, 0.29) is 5.91 Å². The predicted molar refractivity (Wildman–Crippen MR) is 90.8 cm³/mol. The summed E-state index contributed by atoms with van der Waals surface area (Å²) < 4.78 is 0. The number of rotatable bonds is 5. The molecule has 1 amide bonds. The molecule has 1 N–H and O–H groups in total. The molecule has 0 fully saturated rings.